The van der Waals surface area contributed by atoms with Gasteiger partial charge in [0, 0.05) is 18.7 Å². The molecule has 6 nitrogen and oxygen atoms in total. The van der Waals surface area contributed by atoms with Crippen LogP contribution in [0.3, 0.4) is 0 Å². The zero-order valence-electron chi connectivity index (χ0n) is 13.9. The monoisotopic (exact) mass is 344 g/mol. The Labute approximate surface area is 144 Å². The highest BCUT2D eigenvalue weighted by molar-refractivity contribution is 5.96. The Morgan fingerprint density at radius 3 is 2.68 bits per heavy atom. The van der Waals surface area contributed by atoms with Crippen LogP contribution in [0.5, 0.6) is 17.2 Å². The second-order valence-electron chi connectivity index (χ2n) is 5.71. The fourth-order valence-electron chi connectivity index (χ4n) is 2.78. The number of aliphatic hydroxyl groups excluding tert-OH is 1. The molecule has 25 heavy (non-hydrogen) atoms. The average molecular weight is 344 g/mol. The van der Waals surface area contributed by atoms with E-state index in [9.17, 15) is 9.90 Å². The molecule has 0 aliphatic carbocycles. The predicted molar refractivity (Wildman–Crippen MR) is 94.6 cm³/mol. The minimum Gasteiger partial charge on any atom is -0.507 e. The molecule has 0 unspecified atom stereocenters. The standard InChI is InChI=1S/C19H20O6/c1-23-14-6-5-7-15-18(14)19(22)17-13(21)10-12(11-16(17)25-15)24-9-4-2-3-8-20/h5-7,10-11,20-21H,2-4,8-9H2,1H3. The third-order valence-corrected chi connectivity index (χ3v) is 4.01. The van der Waals surface area contributed by atoms with Crippen molar-refractivity contribution in [3.8, 4) is 17.2 Å². The molecule has 0 aliphatic heterocycles. The fourth-order valence-corrected chi connectivity index (χ4v) is 2.78. The van der Waals surface area contributed by atoms with E-state index in [4.69, 9.17) is 19.0 Å². The number of phenols is 1. The van der Waals surface area contributed by atoms with E-state index in [-0.39, 0.29) is 28.8 Å². The largest absolute Gasteiger partial charge is 0.507 e. The molecule has 0 radical (unpaired) electrons. The molecular formula is C19H20O6. The molecule has 0 atom stereocenters. The van der Waals surface area contributed by atoms with Crippen LogP contribution in [0.15, 0.2) is 39.5 Å². The van der Waals surface area contributed by atoms with Crippen LogP contribution < -0.4 is 14.9 Å². The van der Waals surface area contributed by atoms with Crippen LogP contribution in [0.1, 0.15) is 19.3 Å². The van der Waals surface area contributed by atoms with Gasteiger partial charge in [-0.25, -0.2) is 0 Å². The summed E-state index contributed by atoms with van der Waals surface area (Å²) in [6, 6.07) is 8.09. The number of unbranched alkanes of at least 4 members (excludes halogenated alkanes) is 2. The number of fused-ring (bicyclic) bond motifs is 2. The molecule has 2 aromatic carbocycles. The smallest absolute Gasteiger partial charge is 0.208 e. The Balaban J connectivity index is 2.01. The molecule has 132 valence electrons. The van der Waals surface area contributed by atoms with Gasteiger partial charge in [-0.2, -0.15) is 0 Å². The van der Waals surface area contributed by atoms with Crippen molar-refractivity contribution >= 4 is 21.9 Å². The summed E-state index contributed by atoms with van der Waals surface area (Å²) in [6.45, 7) is 0.620. The van der Waals surface area contributed by atoms with Gasteiger partial charge in [0.05, 0.1) is 13.7 Å². The first-order chi connectivity index (χ1) is 12.2. The number of ether oxygens (including phenoxy) is 2. The van der Waals surface area contributed by atoms with Crippen LogP contribution in [0.25, 0.3) is 21.9 Å². The summed E-state index contributed by atoms with van der Waals surface area (Å²) in [6.07, 6.45) is 2.38. The number of aromatic hydroxyl groups is 1. The van der Waals surface area contributed by atoms with Crippen LogP contribution in [0.2, 0.25) is 0 Å². The van der Waals surface area contributed by atoms with Crippen LogP contribution in [0.4, 0.5) is 0 Å². The molecule has 1 aromatic heterocycles. The van der Waals surface area contributed by atoms with E-state index < -0.39 is 0 Å². The quantitative estimate of drug-likeness (QED) is 0.505. The summed E-state index contributed by atoms with van der Waals surface area (Å²) in [4.78, 5) is 12.8. The van der Waals surface area contributed by atoms with Gasteiger partial charge in [0.15, 0.2) is 0 Å². The Bertz CT molecular complexity index is 944. The number of methoxy groups -OCH3 is 1. The Morgan fingerprint density at radius 2 is 1.92 bits per heavy atom. The summed E-state index contributed by atoms with van der Waals surface area (Å²) in [5.74, 6) is 0.639. The number of hydrogen-bond donors (Lipinski definition) is 2. The minimum atomic E-state index is -0.347. The number of benzene rings is 2. The zero-order chi connectivity index (χ0) is 17.8. The van der Waals surface area contributed by atoms with Crippen LogP contribution in [-0.2, 0) is 0 Å². The van der Waals surface area contributed by atoms with Gasteiger partial charge in [0.25, 0.3) is 0 Å². The predicted octanol–water partition coefficient (Wildman–Crippen LogP) is 3.20. The molecule has 6 heteroatoms. The van der Waals surface area contributed by atoms with Gasteiger partial charge in [0.1, 0.15) is 39.2 Å². The van der Waals surface area contributed by atoms with Crippen molar-refractivity contribution in [1.29, 1.82) is 0 Å². The van der Waals surface area contributed by atoms with Crippen molar-refractivity contribution < 1.29 is 24.1 Å². The Kier molecular flexibility index (Phi) is 5.09. The first-order valence-corrected chi connectivity index (χ1v) is 8.16. The molecule has 0 saturated carbocycles. The van der Waals surface area contributed by atoms with Gasteiger partial charge in [-0.15, -0.1) is 0 Å². The molecule has 1 heterocycles. The van der Waals surface area contributed by atoms with Crippen molar-refractivity contribution in [2.45, 2.75) is 19.3 Å². The highest BCUT2D eigenvalue weighted by Crippen LogP contribution is 2.32. The summed E-state index contributed by atoms with van der Waals surface area (Å²) in [5, 5.41) is 19.4. The van der Waals surface area contributed by atoms with Gasteiger partial charge in [-0.3, -0.25) is 4.79 Å². The van der Waals surface area contributed by atoms with Crippen molar-refractivity contribution in [2.24, 2.45) is 0 Å². The summed E-state index contributed by atoms with van der Waals surface area (Å²) in [5.41, 5.74) is 0.299. The first kappa shape index (κ1) is 17.1. The molecule has 0 saturated heterocycles. The van der Waals surface area contributed by atoms with Gasteiger partial charge in [0.2, 0.25) is 5.43 Å². The summed E-state index contributed by atoms with van der Waals surface area (Å²) in [7, 11) is 1.48. The molecule has 2 N–H and O–H groups in total. The maximum atomic E-state index is 12.8. The Morgan fingerprint density at radius 1 is 1.08 bits per heavy atom. The molecule has 3 rings (SSSR count). The highest BCUT2D eigenvalue weighted by atomic mass is 16.5. The maximum absolute atomic E-state index is 12.8. The molecule has 3 aromatic rings. The van der Waals surface area contributed by atoms with Crippen LogP contribution in [0, 0.1) is 0 Å². The summed E-state index contributed by atoms with van der Waals surface area (Å²) < 4.78 is 16.6. The van der Waals surface area contributed by atoms with Gasteiger partial charge >= 0.3 is 0 Å². The SMILES string of the molecule is COc1cccc2oc3cc(OCCCCCO)cc(O)c3c(=O)c12. The number of rotatable bonds is 7. The second kappa shape index (κ2) is 7.44. The third-order valence-electron chi connectivity index (χ3n) is 4.01. The van der Waals surface area contributed by atoms with Crippen molar-refractivity contribution in [2.75, 3.05) is 20.3 Å². The van der Waals surface area contributed by atoms with E-state index >= 15 is 0 Å². The molecule has 0 bridgehead atoms. The lowest BCUT2D eigenvalue weighted by Gasteiger charge is -2.10. The second-order valence-corrected chi connectivity index (χ2v) is 5.71. The highest BCUT2D eigenvalue weighted by Gasteiger charge is 2.16. The molecule has 0 amide bonds. The van der Waals surface area contributed by atoms with E-state index in [1.165, 1.54) is 13.2 Å². The van der Waals surface area contributed by atoms with Gasteiger partial charge in [-0.05, 0) is 31.4 Å². The minimum absolute atomic E-state index is 0.102. The number of aliphatic hydroxyl groups is 1. The van der Waals surface area contributed by atoms with Gasteiger partial charge in [-0.1, -0.05) is 6.07 Å². The van der Waals surface area contributed by atoms with Crippen molar-refractivity contribution in [3.05, 3.63) is 40.6 Å². The Hall–Kier alpha value is -2.73. The topological polar surface area (TPSA) is 89.1 Å². The zero-order valence-corrected chi connectivity index (χ0v) is 13.9. The number of hydrogen-bond acceptors (Lipinski definition) is 6. The number of phenolic OH excluding ortho intramolecular Hbond substituents is 1. The van der Waals surface area contributed by atoms with E-state index in [0.717, 1.165) is 19.3 Å². The van der Waals surface area contributed by atoms with E-state index in [1.54, 1.807) is 24.3 Å². The normalized spacial score (nSPS) is 11.1. The van der Waals surface area contributed by atoms with E-state index in [1.807, 2.05) is 0 Å². The fraction of sp³-hybridized carbons (Fsp3) is 0.316. The van der Waals surface area contributed by atoms with Crippen LogP contribution in [-0.4, -0.2) is 30.5 Å². The average Bonchev–Trinajstić information content (AvgIpc) is 2.60. The van der Waals surface area contributed by atoms with Crippen molar-refractivity contribution in [1.82, 2.24) is 0 Å². The lowest BCUT2D eigenvalue weighted by Crippen LogP contribution is -2.05. The lowest BCUT2D eigenvalue weighted by atomic mass is 10.1. The first-order valence-electron chi connectivity index (χ1n) is 8.16. The maximum Gasteiger partial charge on any atom is 0.208 e. The van der Waals surface area contributed by atoms with Crippen LogP contribution >= 0.6 is 0 Å². The third kappa shape index (κ3) is 3.39. The lowest BCUT2D eigenvalue weighted by molar-refractivity contribution is 0.266. The summed E-state index contributed by atoms with van der Waals surface area (Å²) >= 11 is 0. The van der Waals surface area contributed by atoms with Crippen molar-refractivity contribution in [3.63, 3.8) is 0 Å². The van der Waals surface area contributed by atoms with Gasteiger partial charge < -0.3 is 24.1 Å². The van der Waals surface area contributed by atoms with E-state index in [2.05, 4.69) is 0 Å². The molecule has 0 fully saturated rings. The molecular weight excluding hydrogens is 324 g/mol. The molecule has 0 spiro atoms. The molecule has 0 aliphatic rings. The van der Waals surface area contributed by atoms with E-state index in [0.29, 0.717) is 29.1 Å².